The van der Waals surface area contributed by atoms with Crippen LogP contribution >= 0.6 is 0 Å². The molecule has 0 aliphatic heterocycles. The van der Waals surface area contributed by atoms with Gasteiger partial charge in [0.15, 0.2) is 0 Å². The summed E-state index contributed by atoms with van der Waals surface area (Å²) in [5, 5.41) is 9.19. The minimum absolute atomic E-state index is 0.0281. The summed E-state index contributed by atoms with van der Waals surface area (Å²) in [6.45, 7) is 2.65. The topological polar surface area (TPSA) is 64.1 Å². The van der Waals surface area contributed by atoms with E-state index >= 15 is 0 Å². The van der Waals surface area contributed by atoms with Gasteiger partial charge >= 0.3 is 0 Å². The summed E-state index contributed by atoms with van der Waals surface area (Å²) in [7, 11) is 0. The molecule has 3 N–H and O–H groups in total. The Hall–Kier alpha value is -1.81. The zero-order valence-electron chi connectivity index (χ0n) is 9.17. The first-order chi connectivity index (χ1) is 7.66. The van der Waals surface area contributed by atoms with Crippen LogP contribution in [0.3, 0.4) is 0 Å². The number of aromatic nitrogens is 2. The van der Waals surface area contributed by atoms with E-state index in [1.807, 2.05) is 23.6 Å². The van der Waals surface area contributed by atoms with Gasteiger partial charge in [0, 0.05) is 18.8 Å². The number of aromatic hydroxyl groups is 1. The molecule has 2 rings (SSSR count). The number of hydrogen-bond donors (Lipinski definition) is 2. The van der Waals surface area contributed by atoms with Crippen LogP contribution in [0.1, 0.15) is 24.2 Å². The summed E-state index contributed by atoms with van der Waals surface area (Å²) in [6.07, 6.45) is 3.55. The Morgan fingerprint density at radius 2 is 2.06 bits per heavy atom. The quantitative estimate of drug-likeness (QED) is 0.821. The lowest BCUT2D eigenvalue weighted by atomic mass is 10.2. The highest BCUT2D eigenvalue weighted by Crippen LogP contribution is 2.14. The van der Waals surface area contributed by atoms with E-state index in [-0.39, 0.29) is 11.8 Å². The fraction of sp³-hybridized carbons (Fsp3) is 0.250. The van der Waals surface area contributed by atoms with Crippen LogP contribution in [0.4, 0.5) is 0 Å². The van der Waals surface area contributed by atoms with Gasteiger partial charge in [0.2, 0.25) is 0 Å². The van der Waals surface area contributed by atoms with Crippen molar-refractivity contribution in [3.63, 3.8) is 0 Å². The highest BCUT2D eigenvalue weighted by molar-refractivity contribution is 5.26. The molecule has 0 amide bonds. The van der Waals surface area contributed by atoms with Crippen LogP contribution in [0.2, 0.25) is 0 Å². The molecule has 4 heteroatoms. The van der Waals surface area contributed by atoms with Crippen LogP contribution in [0.25, 0.3) is 0 Å². The number of benzene rings is 1. The van der Waals surface area contributed by atoms with Gasteiger partial charge in [-0.25, -0.2) is 4.98 Å². The molecular weight excluding hydrogens is 202 g/mol. The molecule has 0 radical (unpaired) electrons. The van der Waals surface area contributed by atoms with Gasteiger partial charge in [-0.3, -0.25) is 0 Å². The molecule has 0 saturated heterocycles. The molecule has 2 aromatic rings. The fourth-order valence-corrected chi connectivity index (χ4v) is 1.64. The van der Waals surface area contributed by atoms with Gasteiger partial charge in [-0.15, -0.1) is 0 Å². The third-order valence-corrected chi connectivity index (χ3v) is 2.50. The van der Waals surface area contributed by atoms with Gasteiger partial charge in [-0.05, 0) is 24.6 Å². The normalized spacial score (nSPS) is 12.6. The van der Waals surface area contributed by atoms with Crippen molar-refractivity contribution in [2.24, 2.45) is 5.73 Å². The monoisotopic (exact) mass is 217 g/mol. The van der Waals surface area contributed by atoms with Gasteiger partial charge in [0.05, 0.1) is 12.0 Å². The maximum absolute atomic E-state index is 9.19. The van der Waals surface area contributed by atoms with Crippen molar-refractivity contribution >= 4 is 0 Å². The SMILES string of the molecule is CC(N)c1cncn1Cc1ccc(O)cc1. The van der Waals surface area contributed by atoms with E-state index in [2.05, 4.69) is 4.98 Å². The Bertz CT molecular complexity index is 459. The number of phenolic OH excluding ortho intramolecular Hbond substituents is 1. The summed E-state index contributed by atoms with van der Waals surface area (Å²) in [4.78, 5) is 4.09. The van der Waals surface area contributed by atoms with Gasteiger partial charge in [-0.1, -0.05) is 12.1 Å². The molecule has 1 atom stereocenters. The highest BCUT2D eigenvalue weighted by atomic mass is 16.3. The Morgan fingerprint density at radius 3 is 2.69 bits per heavy atom. The second-order valence-corrected chi connectivity index (χ2v) is 3.90. The Balaban J connectivity index is 2.20. The second kappa shape index (κ2) is 4.37. The van der Waals surface area contributed by atoms with Crippen molar-refractivity contribution in [1.82, 2.24) is 9.55 Å². The van der Waals surface area contributed by atoms with Gasteiger partial charge in [-0.2, -0.15) is 0 Å². The first-order valence-electron chi connectivity index (χ1n) is 5.20. The minimum Gasteiger partial charge on any atom is -0.508 e. The number of nitrogens with two attached hydrogens (primary N) is 1. The third-order valence-electron chi connectivity index (χ3n) is 2.50. The van der Waals surface area contributed by atoms with Crippen LogP contribution in [0.15, 0.2) is 36.8 Å². The molecule has 84 valence electrons. The van der Waals surface area contributed by atoms with Crippen LogP contribution < -0.4 is 5.73 Å². The van der Waals surface area contributed by atoms with Crippen molar-refractivity contribution in [2.75, 3.05) is 0 Å². The van der Waals surface area contributed by atoms with Crippen molar-refractivity contribution in [2.45, 2.75) is 19.5 Å². The number of rotatable bonds is 3. The summed E-state index contributed by atoms with van der Waals surface area (Å²) in [5.74, 6) is 0.279. The van der Waals surface area contributed by atoms with Crippen molar-refractivity contribution in [3.05, 3.63) is 48.0 Å². The molecule has 4 nitrogen and oxygen atoms in total. The van der Waals surface area contributed by atoms with Crippen molar-refractivity contribution in [1.29, 1.82) is 0 Å². The molecule has 0 fully saturated rings. The number of nitrogens with zero attached hydrogens (tertiary/aromatic N) is 2. The lowest BCUT2D eigenvalue weighted by molar-refractivity contribution is 0.475. The first-order valence-corrected chi connectivity index (χ1v) is 5.20. The fourth-order valence-electron chi connectivity index (χ4n) is 1.64. The van der Waals surface area contributed by atoms with E-state index < -0.39 is 0 Å². The largest absolute Gasteiger partial charge is 0.508 e. The molecule has 1 aromatic carbocycles. The number of phenols is 1. The molecule has 1 unspecified atom stereocenters. The highest BCUT2D eigenvalue weighted by Gasteiger charge is 2.06. The van der Waals surface area contributed by atoms with Gasteiger partial charge < -0.3 is 15.4 Å². The summed E-state index contributed by atoms with van der Waals surface area (Å²) >= 11 is 0. The maximum atomic E-state index is 9.19. The lowest BCUT2D eigenvalue weighted by Gasteiger charge is -2.10. The molecule has 0 saturated carbocycles. The molecule has 0 aliphatic carbocycles. The van der Waals surface area contributed by atoms with Crippen LogP contribution in [-0.2, 0) is 6.54 Å². The van der Waals surface area contributed by atoms with E-state index in [4.69, 9.17) is 5.73 Å². The summed E-state index contributed by atoms with van der Waals surface area (Å²) < 4.78 is 2.01. The second-order valence-electron chi connectivity index (χ2n) is 3.90. The Morgan fingerprint density at radius 1 is 1.38 bits per heavy atom. The maximum Gasteiger partial charge on any atom is 0.115 e. The van der Waals surface area contributed by atoms with E-state index in [0.717, 1.165) is 17.8 Å². The molecule has 16 heavy (non-hydrogen) atoms. The smallest absolute Gasteiger partial charge is 0.115 e. The zero-order chi connectivity index (χ0) is 11.5. The van der Waals surface area contributed by atoms with Gasteiger partial charge in [0.25, 0.3) is 0 Å². The third kappa shape index (κ3) is 2.23. The predicted molar refractivity (Wildman–Crippen MR) is 62.0 cm³/mol. The summed E-state index contributed by atoms with van der Waals surface area (Å²) in [5.41, 5.74) is 7.95. The summed E-state index contributed by atoms with van der Waals surface area (Å²) in [6, 6.07) is 7.11. The number of imidazole rings is 1. The molecule has 0 spiro atoms. The van der Waals surface area contributed by atoms with Crippen LogP contribution in [0, 0.1) is 0 Å². The zero-order valence-corrected chi connectivity index (χ0v) is 9.17. The first kappa shape index (κ1) is 10.7. The standard InChI is InChI=1S/C12H15N3O/c1-9(13)12-6-14-8-15(12)7-10-2-4-11(16)5-3-10/h2-6,8-9,16H,7,13H2,1H3. The number of hydrogen-bond acceptors (Lipinski definition) is 3. The average Bonchev–Trinajstić information content (AvgIpc) is 2.69. The predicted octanol–water partition coefficient (Wildman–Crippen LogP) is 1.66. The minimum atomic E-state index is -0.0281. The van der Waals surface area contributed by atoms with E-state index in [1.54, 1.807) is 24.7 Å². The van der Waals surface area contributed by atoms with Crippen molar-refractivity contribution < 1.29 is 5.11 Å². The molecule has 0 aliphatic rings. The van der Waals surface area contributed by atoms with Crippen LogP contribution in [-0.4, -0.2) is 14.7 Å². The van der Waals surface area contributed by atoms with E-state index in [1.165, 1.54) is 0 Å². The van der Waals surface area contributed by atoms with E-state index in [9.17, 15) is 5.11 Å². The molecule has 0 bridgehead atoms. The molecule has 1 heterocycles. The molecular formula is C12H15N3O. The lowest BCUT2D eigenvalue weighted by Crippen LogP contribution is -2.12. The molecule has 1 aromatic heterocycles. The van der Waals surface area contributed by atoms with Crippen LogP contribution in [0.5, 0.6) is 5.75 Å². The van der Waals surface area contributed by atoms with Crippen molar-refractivity contribution in [3.8, 4) is 5.75 Å². The van der Waals surface area contributed by atoms with E-state index in [0.29, 0.717) is 0 Å². The Kier molecular flexibility index (Phi) is 2.92. The average molecular weight is 217 g/mol. The Labute approximate surface area is 94.4 Å². The van der Waals surface area contributed by atoms with Gasteiger partial charge in [0.1, 0.15) is 5.75 Å².